The second kappa shape index (κ2) is 4.11. The van der Waals surface area contributed by atoms with Gasteiger partial charge >= 0.3 is 0 Å². The van der Waals surface area contributed by atoms with Crippen molar-refractivity contribution in [3.63, 3.8) is 0 Å². The van der Waals surface area contributed by atoms with Gasteiger partial charge in [-0.25, -0.2) is 0 Å². The van der Waals surface area contributed by atoms with E-state index in [1.165, 1.54) is 11.1 Å². The molecule has 1 aromatic rings. The molecule has 2 heteroatoms. The Bertz CT molecular complexity index is 294. The molecule has 14 heavy (non-hydrogen) atoms. The number of aryl methyl sites for hydroxylation is 1. The average Bonchev–Trinajstić information content (AvgIpc) is 2.67. The number of nitrogens with two attached hydrogens (primary N) is 1. The summed E-state index contributed by atoms with van der Waals surface area (Å²) < 4.78 is 5.81. The Balaban J connectivity index is 2.06. The zero-order chi connectivity index (χ0) is 9.97. The van der Waals surface area contributed by atoms with Crippen molar-refractivity contribution in [2.45, 2.75) is 32.0 Å². The average molecular weight is 191 g/mol. The molecule has 2 rings (SSSR count). The topological polar surface area (TPSA) is 35.2 Å². The number of hydrogen-bond donors (Lipinski definition) is 1. The lowest BCUT2D eigenvalue weighted by molar-refractivity contribution is 0.0498. The minimum atomic E-state index is 0.265. The van der Waals surface area contributed by atoms with Gasteiger partial charge in [-0.05, 0) is 25.3 Å². The van der Waals surface area contributed by atoms with E-state index in [4.69, 9.17) is 10.5 Å². The van der Waals surface area contributed by atoms with E-state index in [0.717, 1.165) is 12.8 Å². The van der Waals surface area contributed by atoms with Gasteiger partial charge in [0.25, 0.3) is 0 Å². The molecule has 0 amide bonds. The first-order chi connectivity index (χ1) is 6.79. The lowest BCUT2D eigenvalue weighted by Crippen LogP contribution is -2.18. The first-order valence-electron chi connectivity index (χ1n) is 5.21. The second-order valence-electron chi connectivity index (χ2n) is 3.97. The third kappa shape index (κ3) is 1.97. The van der Waals surface area contributed by atoms with Crippen LogP contribution in [0.2, 0.25) is 0 Å². The highest BCUT2D eigenvalue weighted by molar-refractivity contribution is 5.23. The molecule has 2 nitrogen and oxygen atoms in total. The van der Waals surface area contributed by atoms with E-state index in [-0.39, 0.29) is 12.2 Å². The van der Waals surface area contributed by atoms with Gasteiger partial charge < -0.3 is 10.5 Å². The Hall–Kier alpha value is -0.860. The van der Waals surface area contributed by atoms with Gasteiger partial charge in [-0.1, -0.05) is 29.8 Å². The van der Waals surface area contributed by atoms with Crippen LogP contribution in [0, 0.1) is 6.92 Å². The van der Waals surface area contributed by atoms with E-state index < -0.39 is 0 Å². The van der Waals surface area contributed by atoms with Crippen molar-refractivity contribution < 1.29 is 4.74 Å². The van der Waals surface area contributed by atoms with E-state index in [1.807, 2.05) is 0 Å². The fourth-order valence-corrected chi connectivity index (χ4v) is 1.91. The highest BCUT2D eigenvalue weighted by Crippen LogP contribution is 2.32. The van der Waals surface area contributed by atoms with E-state index in [0.29, 0.717) is 6.54 Å². The van der Waals surface area contributed by atoms with Gasteiger partial charge in [-0.2, -0.15) is 0 Å². The predicted molar refractivity (Wildman–Crippen MR) is 57.1 cm³/mol. The Morgan fingerprint density at radius 1 is 1.29 bits per heavy atom. The molecule has 0 unspecified atom stereocenters. The van der Waals surface area contributed by atoms with Crippen molar-refractivity contribution in [1.82, 2.24) is 0 Å². The predicted octanol–water partition coefficient (Wildman–Crippen LogP) is 2.17. The largest absolute Gasteiger partial charge is 0.369 e. The quantitative estimate of drug-likeness (QED) is 0.777. The van der Waals surface area contributed by atoms with Crippen LogP contribution >= 0.6 is 0 Å². The molecule has 0 saturated carbocycles. The van der Waals surface area contributed by atoms with Crippen LogP contribution in [0.3, 0.4) is 0 Å². The summed E-state index contributed by atoms with van der Waals surface area (Å²) >= 11 is 0. The molecule has 1 aromatic carbocycles. The number of benzene rings is 1. The highest BCUT2D eigenvalue weighted by atomic mass is 16.5. The van der Waals surface area contributed by atoms with Crippen LogP contribution in [-0.2, 0) is 4.74 Å². The first kappa shape index (κ1) is 9.69. The molecule has 0 aromatic heterocycles. The van der Waals surface area contributed by atoms with Crippen LogP contribution < -0.4 is 5.73 Å². The summed E-state index contributed by atoms with van der Waals surface area (Å²) in [6.45, 7) is 2.74. The summed E-state index contributed by atoms with van der Waals surface area (Å²) in [4.78, 5) is 0. The van der Waals surface area contributed by atoms with Crippen LogP contribution in [0.1, 0.15) is 30.1 Å². The van der Waals surface area contributed by atoms with Crippen LogP contribution in [-0.4, -0.2) is 12.6 Å². The fraction of sp³-hybridized carbons (Fsp3) is 0.500. The molecular weight excluding hydrogens is 174 g/mol. The maximum Gasteiger partial charge on any atom is 0.0830 e. The SMILES string of the molecule is Cc1ccc([C@@H]2CC[C@H](CN)O2)cc1. The molecule has 1 fully saturated rings. The van der Waals surface area contributed by atoms with E-state index in [2.05, 4.69) is 31.2 Å². The van der Waals surface area contributed by atoms with E-state index in [1.54, 1.807) is 0 Å². The zero-order valence-corrected chi connectivity index (χ0v) is 8.57. The normalized spacial score (nSPS) is 26.7. The second-order valence-corrected chi connectivity index (χ2v) is 3.97. The van der Waals surface area contributed by atoms with Crippen molar-refractivity contribution in [2.24, 2.45) is 5.73 Å². The van der Waals surface area contributed by atoms with Gasteiger partial charge in [0.1, 0.15) is 0 Å². The van der Waals surface area contributed by atoms with Crippen molar-refractivity contribution in [1.29, 1.82) is 0 Å². The highest BCUT2D eigenvalue weighted by Gasteiger charge is 2.24. The van der Waals surface area contributed by atoms with E-state index in [9.17, 15) is 0 Å². The maximum atomic E-state index is 5.81. The van der Waals surface area contributed by atoms with Crippen LogP contribution in [0.5, 0.6) is 0 Å². The number of ether oxygens (including phenoxy) is 1. The van der Waals surface area contributed by atoms with Crippen LogP contribution in [0.4, 0.5) is 0 Å². The monoisotopic (exact) mass is 191 g/mol. The molecule has 2 atom stereocenters. The molecule has 1 aliphatic heterocycles. The summed E-state index contributed by atoms with van der Waals surface area (Å²) in [7, 11) is 0. The van der Waals surface area contributed by atoms with Gasteiger partial charge in [0.05, 0.1) is 12.2 Å². The molecule has 1 saturated heterocycles. The van der Waals surface area contributed by atoms with Crippen molar-refractivity contribution in [3.8, 4) is 0 Å². The maximum absolute atomic E-state index is 5.81. The molecule has 0 bridgehead atoms. The van der Waals surface area contributed by atoms with E-state index >= 15 is 0 Å². The number of rotatable bonds is 2. The molecule has 1 heterocycles. The lowest BCUT2D eigenvalue weighted by atomic mass is 10.0. The summed E-state index contributed by atoms with van der Waals surface area (Å²) in [6, 6.07) is 8.57. The van der Waals surface area contributed by atoms with Gasteiger partial charge in [-0.3, -0.25) is 0 Å². The summed E-state index contributed by atoms with van der Waals surface area (Å²) in [6.07, 6.45) is 2.73. The lowest BCUT2D eigenvalue weighted by Gasteiger charge is -2.12. The van der Waals surface area contributed by atoms with Crippen molar-refractivity contribution in [3.05, 3.63) is 35.4 Å². The summed E-state index contributed by atoms with van der Waals surface area (Å²) in [5, 5.41) is 0. The number of hydrogen-bond acceptors (Lipinski definition) is 2. The standard InChI is InChI=1S/C12H17NO/c1-9-2-4-10(5-3-9)12-7-6-11(8-13)14-12/h2-5,11-12H,6-8,13H2,1H3/t11-,12+/m1/s1. The molecule has 2 N–H and O–H groups in total. The third-order valence-electron chi connectivity index (χ3n) is 2.82. The molecule has 0 spiro atoms. The smallest absolute Gasteiger partial charge is 0.0830 e. The van der Waals surface area contributed by atoms with Crippen molar-refractivity contribution >= 4 is 0 Å². The van der Waals surface area contributed by atoms with Crippen molar-refractivity contribution in [2.75, 3.05) is 6.54 Å². The van der Waals surface area contributed by atoms with Crippen LogP contribution in [0.25, 0.3) is 0 Å². The molecule has 1 aliphatic rings. The minimum absolute atomic E-state index is 0.265. The summed E-state index contributed by atoms with van der Waals surface area (Å²) in [5.74, 6) is 0. The molecule has 0 aliphatic carbocycles. The van der Waals surface area contributed by atoms with Gasteiger partial charge in [0.2, 0.25) is 0 Å². The van der Waals surface area contributed by atoms with Gasteiger partial charge in [0, 0.05) is 6.54 Å². The van der Waals surface area contributed by atoms with Gasteiger partial charge in [-0.15, -0.1) is 0 Å². The summed E-state index contributed by atoms with van der Waals surface area (Å²) in [5.41, 5.74) is 8.15. The first-order valence-corrected chi connectivity index (χ1v) is 5.21. The zero-order valence-electron chi connectivity index (χ0n) is 8.57. The molecule has 0 radical (unpaired) electrons. The molecular formula is C12H17NO. The fourth-order valence-electron chi connectivity index (χ4n) is 1.91. The Labute approximate surface area is 85.1 Å². The third-order valence-corrected chi connectivity index (χ3v) is 2.82. The van der Waals surface area contributed by atoms with Gasteiger partial charge in [0.15, 0.2) is 0 Å². The molecule has 76 valence electrons. The van der Waals surface area contributed by atoms with Crippen LogP contribution in [0.15, 0.2) is 24.3 Å². The Morgan fingerprint density at radius 2 is 2.00 bits per heavy atom. The Kier molecular flexibility index (Phi) is 2.85. The minimum Gasteiger partial charge on any atom is -0.369 e. The Morgan fingerprint density at radius 3 is 2.57 bits per heavy atom.